The van der Waals surface area contributed by atoms with Gasteiger partial charge in [0.15, 0.2) is 0 Å². The monoisotopic (exact) mass is 255 g/mol. The van der Waals surface area contributed by atoms with Crippen molar-refractivity contribution in [3.8, 4) is 5.88 Å². The van der Waals surface area contributed by atoms with E-state index in [-0.39, 0.29) is 0 Å². The summed E-state index contributed by atoms with van der Waals surface area (Å²) in [5.74, 6) is 1.15. The Morgan fingerprint density at radius 1 is 1.21 bits per heavy atom. The zero-order valence-electron chi connectivity index (χ0n) is 10.4. The molecule has 2 aromatic heterocycles. The topological polar surface area (TPSA) is 74.2 Å². The van der Waals surface area contributed by atoms with Crippen LogP contribution in [0.5, 0.6) is 5.88 Å². The van der Waals surface area contributed by atoms with E-state index in [0.717, 1.165) is 11.0 Å². The van der Waals surface area contributed by atoms with Crippen molar-refractivity contribution in [2.45, 2.75) is 6.04 Å². The second-order valence-corrected chi connectivity index (χ2v) is 4.15. The van der Waals surface area contributed by atoms with E-state index >= 15 is 0 Å². The molecule has 2 heterocycles. The van der Waals surface area contributed by atoms with Crippen LogP contribution >= 0.6 is 0 Å². The molecule has 0 amide bonds. The Labute approximate surface area is 110 Å². The second-order valence-electron chi connectivity index (χ2n) is 4.15. The summed E-state index contributed by atoms with van der Waals surface area (Å²) in [6.07, 6.45) is 1.43. The Morgan fingerprint density at radius 2 is 2.05 bits per heavy atom. The highest BCUT2D eigenvalue weighted by atomic mass is 16.5. The maximum absolute atomic E-state index is 6.16. The van der Waals surface area contributed by atoms with E-state index in [1.807, 2.05) is 30.3 Å². The van der Waals surface area contributed by atoms with Crippen molar-refractivity contribution in [1.82, 2.24) is 9.97 Å². The van der Waals surface area contributed by atoms with E-state index in [1.54, 1.807) is 13.2 Å². The van der Waals surface area contributed by atoms with Crippen LogP contribution in [0, 0.1) is 0 Å². The van der Waals surface area contributed by atoms with Crippen LogP contribution in [0.25, 0.3) is 11.0 Å². The molecule has 5 nitrogen and oxygen atoms in total. The Kier molecular flexibility index (Phi) is 2.89. The summed E-state index contributed by atoms with van der Waals surface area (Å²) < 4.78 is 10.8. The zero-order chi connectivity index (χ0) is 13.2. The average Bonchev–Trinajstić information content (AvgIpc) is 2.90. The van der Waals surface area contributed by atoms with Crippen molar-refractivity contribution < 1.29 is 9.15 Å². The van der Waals surface area contributed by atoms with Gasteiger partial charge in [0.1, 0.15) is 23.7 Å². The van der Waals surface area contributed by atoms with E-state index in [0.29, 0.717) is 17.3 Å². The highest BCUT2D eigenvalue weighted by Crippen LogP contribution is 2.26. The first kappa shape index (κ1) is 11.7. The standard InChI is InChI=1S/C14H13N3O2/c1-18-13-7-10(16-8-17-13)14(15)12-6-9-4-2-3-5-11(9)19-12/h2-8,14H,15H2,1H3. The first-order chi connectivity index (χ1) is 9.28. The van der Waals surface area contributed by atoms with E-state index in [4.69, 9.17) is 14.9 Å². The van der Waals surface area contributed by atoms with Crippen molar-refractivity contribution in [2.75, 3.05) is 7.11 Å². The summed E-state index contributed by atoms with van der Waals surface area (Å²) in [4.78, 5) is 8.11. The number of ether oxygens (including phenoxy) is 1. The lowest BCUT2D eigenvalue weighted by molar-refractivity contribution is 0.395. The Hall–Kier alpha value is -2.40. The lowest BCUT2D eigenvalue weighted by atomic mass is 10.1. The largest absolute Gasteiger partial charge is 0.481 e. The summed E-state index contributed by atoms with van der Waals surface area (Å²) in [6.45, 7) is 0. The van der Waals surface area contributed by atoms with Crippen LogP contribution in [0.4, 0.5) is 0 Å². The van der Waals surface area contributed by atoms with Crippen LogP contribution in [-0.2, 0) is 0 Å². The van der Waals surface area contributed by atoms with Crippen LogP contribution in [0.3, 0.4) is 0 Å². The van der Waals surface area contributed by atoms with Crippen LogP contribution in [0.15, 0.2) is 47.1 Å². The maximum Gasteiger partial charge on any atom is 0.216 e. The molecule has 1 atom stereocenters. The van der Waals surface area contributed by atoms with Crippen LogP contribution < -0.4 is 10.5 Å². The molecule has 0 aliphatic carbocycles. The van der Waals surface area contributed by atoms with Crippen molar-refractivity contribution in [2.24, 2.45) is 5.73 Å². The molecule has 0 spiro atoms. The van der Waals surface area contributed by atoms with Crippen molar-refractivity contribution in [3.05, 3.63) is 54.2 Å². The molecule has 0 aliphatic rings. The van der Waals surface area contributed by atoms with Crippen molar-refractivity contribution in [3.63, 3.8) is 0 Å². The lowest BCUT2D eigenvalue weighted by Gasteiger charge is -2.08. The SMILES string of the molecule is COc1cc(C(N)c2cc3ccccc3o2)ncn1. The van der Waals surface area contributed by atoms with E-state index in [9.17, 15) is 0 Å². The summed E-state index contributed by atoms with van der Waals surface area (Å²) in [6, 6.07) is 11.0. The molecule has 1 aromatic carbocycles. The van der Waals surface area contributed by atoms with Crippen LogP contribution in [-0.4, -0.2) is 17.1 Å². The minimum Gasteiger partial charge on any atom is -0.481 e. The fourth-order valence-corrected chi connectivity index (χ4v) is 1.94. The number of aromatic nitrogens is 2. The Morgan fingerprint density at radius 3 is 2.84 bits per heavy atom. The molecule has 0 bridgehead atoms. The number of fused-ring (bicyclic) bond motifs is 1. The van der Waals surface area contributed by atoms with Crippen LogP contribution in [0.1, 0.15) is 17.5 Å². The highest BCUT2D eigenvalue weighted by molar-refractivity contribution is 5.77. The molecule has 3 aromatic rings. The van der Waals surface area contributed by atoms with Gasteiger partial charge in [0.05, 0.1) is 12.8 Å². The van der Waals surface area contributed by atoms with Gasteiger partial charge in [-0.3, -0.25) is 0 Å². The van der Waals surface area contributed by atoms with Gasteiger partial charge < -0.3 is 14.9 Å². The van der Waals surface area contributed by atoms with Crippen LogP contribution in [0.2, 0.25) is 0 Å². The third-order valence-corrected chi connectivity index (χ3v) is 2.94. The molecule has 5 heteroatoms. The molecule has 0 radical (unpaired) electrons. The minimum absolute atomic E-state index is 0.440. The van der Waals surface area contributed by atoms with Crippen molar-refractivity contribution in [1.29, 1.82) is 0 Å². The first-order valence-electron chi connectivity index (χ1n) is 5.88. The first-order valence-corrected chi connectivity index (χ1v) is 5.88. The number of para-hydroxylation sites is 1. The number of rotatable bonds is 3. The molecule has 0 aliphatic heterocycles. The Balaban J connectivity index is 2.00. The average molecular weight is 255 g/mol. The second kappa shape index (κ2) is 4.70. The number of furan rings is 1. The predicted molar refractivity (Wildman–Crippen MR) is 70.8 cm³/mol. The van der Waals surface area contributed by atoms with Gasteiger partial charge in [-0.25, -0.2) is 9.97 Å². The van der Waals surface area contributed by atoms with Gasteiger partial charge in [0.25, 0.3) is 0 Å². The molecule has 2 N–H and O–H groups in total. The van der Waals surface area contributed by atoms with E-state index in [2.05, 4.69) is 9.97 Å². The van der Waals surface area contributed by atoms with E-state index in [1.165, 1.54) is 6.33 Å². The molecular weight excluding hydrogens is 242 g/mol. The fourth-order valence-electron chi connectivity index (χ4n) is 1.94. The molecule has 3 rings (SSSR count). The minimum atomic E-state index is -0.440. The normalized spacial score (nSPS) is 12.5. The van der Waals surface area contributed by atoms with Gasteiger partial charge in [-0.1, -0.05) is 18.2 Å². The number of hydrogen-bond acceptors (Lipinski definition) is 5. The fraction of sp³-hybridized carbons (Fsp3) is 0.143. The maximum atomic E-state index is 6.16. The molecular formula is C14H13N3O2. The predicted octanol–water partition coefficient (Wildman–Crippen LogP) is 2.28. The number of hydrogen-bond donors (Lipinski definition) is 1. The zero-order valence-corrected chi connectivity index (χ0v) is 10.4. The highest BCUT2D eigenvalue weighted by Gasteiger charge is 2.16. The van der Waals surface area contributed by atoms with Crippen molar-refractivity contribution >= 4 is 11.0 Å². The molecule has 0 fully saturated rings. The van der Waals surface area contributed by atoms with Gasteiger partial charge >= 0.3 is 0 Å². The van der Waals surface area contributed by atoms with E-state index < -0.39 is 6.04 Å². The quantitative estimate of drug-likeness (QED) is 0.777. The molecule has 19 heavy (non-hydrogen) atoms. The number of methoxy groups -OCH3 is 1. The smallest absolute Gasteiger partial charge is 0.216 e. The third-order valence-electron chi connectivity index (χ3n) is 2.94. The van der Waals surface area contributed by atoms with Gasteiger partial charge in [-0.15, -0.1) is 0 Å². The Bertz CT molecular complexity index is 675. The summed E-state index contributed by atoms with van der Waals surface area (Å²) >= 11 is 0. The van der Waals surface area contributed by atoms with Gasteiger partial charge in [0.2, 0.25) is 5.88 Å². The number of nitrogens with two attached hydrogens (primary N) is 1. The number of nitrogens with zero attached hydrogens (tertiary/aromatic N) is 2. The summed E-state index contributed by atoms with van der Waals surface area (Å²) in [5.41, 5.74) is 7.64. The molecule has 0 saturated carbocycles. The van der Waals surface area contributed by atoms with Gasteiger partial charge in [0, 0.05) is 11.5 Å². The molecule has 0 saturated heterocycles. The third kappa shape index (κ3) is 2.15. The summed E-state index contributed by atoms with van der Waals surface area (Å²) in [7, 11) is 1.55. The number of benzene rings is 1. The molecule has 96 valence electrons. The lowest BCUT2D eigenvalue weighted by Crippen LogP contribution is -2.13. The molecule has 1 unspecified atom stereocenters. The van der Waals surface area contributed by atoms with Gasteiger partial charge in [-0.2, -0.15) is 0 Å². The van der Waals surface area contributed by atoms with Gasteiger partial charge in [-0.05, 0) is 12.1 Å². The summed E-state index contributed by atoms with van der Waals surface area (Å²) in [5, 5.41) is 1.02.